The highest BCUT2D eigenvalue weighted by molar-refractivity contribution is 5.75. The van der Waals surface area contributed by atoms with E-state index in [2.05, 4.69) is 0 Å². The van der Waals surface area contributed by atoms with E-state index in [-0.39, 0.29) is 6.04 Å². The third kappa shape index (κ3) is 1.97. The quantitative estimate of drug-likeness (QED) is 0.664. The number of nitrogens with two attached hydrogens (primary N) is 1. The van der Waals surface area contributed by atoms with Gasteiger partial charge in [0.25, 0.3) is 0 Å². The second-order valence-electron chi connectivity index (χ2n) is 3.35. The molecule has 3 N–H and O–H groups in total. The maximum absolute atomic E-state index is 11.0. The van der Waals surface area contributed by atoms with E-state index in [0.717, 1.165) is 6.42 Å². The molecule has 0 aromatic rings. The van der Waals surface area contributed by atoms with Gasteiger partial charge in [0.1, 0.15) is 0 Å². The second kappa shape index (κ2) is 4.45. The summed E-state index contributed by atoms with van der Waals surface area (Å²) < 4.78 is 0. The lowest BCUT2D eigenvalue weighted by atomic mass is 9.75. The van der Waals surface area contributed by atoms with Gasteiger partial charge < -0.3 is 10.8 Å². The molecule has 2 unspecified atom stereocenters. The summed E-state index contributed by atoms with van der Waals surface area (Å²) in [5.41, 5.74) is 4.97. The molecule has 3 nitrogen and oxygen atoms in total. The first-order valence-electron chi connectivity index (χ1n) is 4.50. The molecular formula is C9H19NO2. The van der Waals surface area contributed by atoms with Crippen molar-refractivity contribution in [2.45, 2.75) is 46.1 Å². The third-order valence-electron chi connectivity index (χ3n) is 2.62. The summed E-state index contributed by atoms with van der Waals surface area (Å²) in [5.74, 6) is -0.762. The van der Waals surface area contributed by atoms with Crippen LogP contribution in [0.15, 0.2) is 0 Å². The van der Waals surface area contributed by atoms with Gasteiger partial charge in [-0.25, -0.2) is 0 Å². The molecule has 0 bridgehead atoms. The minimum atomic E-state index is -0.762. The zero-order valence-corrected chi connectivity index (χ0v) is 8.13. The van der Waals surface area contributed by atoms with Crippen LogP contribution in [0, 0.1) is 5.41 Å². The minimum absolute atomic E-state index is 0.278. The number of aliphatic carboxylic acids is 1. The van der Waals surface area contributed by atoms with Gasteiger partial charge >= 0.3 is 5.97 Å². The second-order valence-corrected chi connectivity index (χ2v) is 3.35. The van der Waals surface area contributed by atoms with E-state index in [1.807, 2.05) is 13.8 Å². The molecule has 0 saturated heterocycles. The molecule has 2 atom stereocenters. The first-order chi connectivity index (χ1) is 5.51. The maximum atomic E-state index is 11.0. The smallest absolute Gasteiger partial charge is 0.311 e. The van der Waals surface area contributed by atoms with Gasteiger partial charge in [-0.05, 0) is 19.8 Å². The predicted octanol–water partition coefficient (Wildman–Crippen LogP) is 1.61. The average Bonchev–Trinajstić information content (AvgIpc) is 1.98. The lowest BCUT2D eigenvalue weighted by Gasteiger charge is -2.31. The zero-order valence-electron chi connectivity index (χ0n) is 8.13. The highest BCUT2D eigenvalue weighted by atomic mass is 16.4. The predicted molar refractivity (Wildman–Crippen MR) is 48.9 cm³/mol. The number of hydrogen-bond donors (Lipinski definition) is 2. The Morgan fingerprint density at radius 2 is 2.08 bits per heavy atom. The van der Waals surface area contributed by atoms with E-state index in [1.54, 1.807) is 6.92 Å². The highest BCUT2D eigenvalue weighted by Crippen LogP contribution is 2.31. The SMILES string of the molecule is CCCC(CC)(C(=O)O)C(C)N. The van der Waals surface area contributed by atoms with Gasteiger partial charge in [-0.2, -0.15) is 0 Å². The molecule has 0 fully saturated rings. The number of carbonyl (C=O) groups is 1. The monoisotopic (exact) mass is 173 g/mol. The van der Waals surface area contributed by atoms with Crippen molar-refractivity contribution in [1.82, 2.24) is 0 Å². The number of carboxylic acid groups (broad SMARTS) is 1. The highest BCUT2D eigenvalue weighted by Gasteiger charge is 2.39. The van der Waals surface area contributed by atoms with Gasteiger partial charge in [-0.15, -0.1) is 0 Å². The van der Waals surface area contributed by atoms with Crippen molar-refractivity contribution in [1.29, 1.82) is 0 Å². The molecule has 0 aliphatic carbocycles. The number of carboxylic acids is 1. The van der Waals surface area contributed by atoms with Crippen LogP contribution in [0.25, 0.3) is 0 Å². The van der Waals surface area contributed by atoms with Crippen LogP contribution >= 0.6 is 0 Å². The van der Waals surface area contributed by atoms with Crippen LogP contribution in [-0.4, -0.2) is 17.1 Å². The molecule has 0 aromatic heterocycles. The van der Waals surface area contributed by atoms with Gasteiger partial charge in [0, 0.05) is 6.04 Å². The van der Waals surface area contributed by atoms with Crippen molar-refractivity contribution in [3.05, 3.63) is 0 Å². The number of rotatable bonds is 5. The summed E-state index contributed by atoms with van der Waals surface area (Å²) in [6, 6.07) is -0.278. The molecule has 72 valence electrons. The van der Waals surface area contributed by atoms with Gasteiger partial charge in [0.15, 0.2) is 0 Å². The largest absolute Gasteiger partial charge is 0.481 e. The molecule has 0 amide bonds. The molecule has 0 aliphatic rings. The lowest BCUT2D eigenvalue weighted by molar-refractivity contribution is -0.151. The van der Waals surface area contributed by atoms with E-state index in [9.17, 15) is 4.79 Å². The van der Waals surface area contributed by atoms with Gasteiger partial charge in [-0.1, -0.05) is 20.3 Å². The van der Waals surface area contributed by atoms with Crippen LogP contribution in [0.2, 0.25) is 0 Å². The standard InChI is InChI=1S/C9H19NO2/c1-4-6-9(5-2,7(3)10)8(11)12/h7H,4-6,10H2,1-3H3,(H,11,12). The molecule has 0 aliphatic heterocycles. The van der Waals surface area contributed by atoms with Gasteiger partial charge in [0.2, 0.25) is 0 Å². The van der Waals surface area contributed by atoms with E-state index in [1.165, 1.54) is 0 Å². The lowest BCUT2D eigenvalue weighted by Crippen LogP contribution is -2.45. The fraction of sp³-hybridized carbons (Fsp3) is 0.889. The molecule has 0 heterocycles. The summed E-state index contributed by atoms with van der Waals surface area (Å²) in [5, 5.41) is 9.05. The van der Waals surface area contributed by atoms with Crippen molar-refractivity contribution in [3.8, 4) is 0 Å². The summed E-state index contributed by atoms with van der Waals surface area (Å²) in [6.07, 6.45) is 2.13. The topological polar surface area (TPSA) is 63.3 Å². The third-order valence-corrected chi connectivity index (χ3v) is 2.62. The van der Waals surface area contributed by atoms with Crippen molar-refractivity contribution in [3.63, 3.8) is 0 Å². The van der Waals surface area contributed by atoms with Crippen LogP contribution in [-0.2, 0) is 4.79 Å². The van der Waals surface area contributed by atoms with Crippen LogP contribution in [0.4, 0.5) is 0 Å². The van der Waals surface area contributed by atoms with E-state index < -0.39 is 11.4 Å². The Kier molecular flexibility index (Phi) is 4.24. The Balaban J connectivity index is 4.63. The molecule has 3 heteroatoms. The van der Waals surface area contributed by atoms with Crippen LogP contribution in [0.1, 0.15) is 40.0 Å². The fourth-order valence-electron chi connectivity index (χ4n) is 1.63. The van der Waals surface area contributed by atoms with Crippen LogP contribution in [0.3, 0.4) is 0 Å². The number of hydrogen-bond acceptors (Lipinski definition) is 2. The van der Waals surface area contributed by atoms with Crippen LogP contribution in [0.5, 0.6) is 0 Å². The Hall–Kier alpha value is -0.570. The van der Waals surface area contributed by atoms with Crippen LogP contribution < -0.4 is 5.73 Å². The Labute approximate surface area is 74.0 Å². The first kappa shape index (κ1) is 11.4. The van der Waals surface area contributed by atoms with E-state index in [0.29, 0.717) is 12.8 Å². The Bertz CT molecular complexity index is 157. The fourth-order valence-corrected chi connectivity index (χ4v) is 1.63. The maximum Gasteiger partial charge on any atom is 0.311 e. The zero-order chi connectivity index (χ0) is 9.78. The molecule has 0 aromatic carbocycles. The van der Waals surface area contributed by atoms with Crippen molar-refractivity contribution in [2.75, 3.05) is 0 Å². The van der Waals surface area contributed by atoms with Crippen molar-refractivity contribution < 1.29 is 9.90 Å². The summed E-state index contributed by atoms with van der Waals surface area (Å²) >= 11 is 0. The molecule has 0 rings (SSSR count). The van der Waals surface area contributed by atoms with E-state index >= 15 is 0 Å². The van der Waals surface area contributed by atoms with E-state index in [4.69, 9.17) is 10.8 Å². The normalized spacial score (nSPS) is 18.3. The van der Waals surface area contributed by atoms with Gasteiger partial charge in [-0.3, -0.25) is 4.79 Å². The molecule has 0 spiro atoms. The molecule has 0 saturated carbocycles. The molecule has 0 radical (unpaired) electrons. The van der Waals surface area contributed by atoms with Crippen molar-refractivity contribution in [2.24, 2.45) is 11.1 Å². The summed E-state index contributed by atoms with van der Waals surface area (Å²) in [7, 11) is 0. The molecular weight excluding hydrogens is 154 g/mol. The van der Waals surface area contributed by atoms with Crippen molar-refractivity contribution >= 4 is 5.97 Å². The Morgan fingerprint density at radius 1 is 1.58 bits per heavy atom. The Morgan fingerprint density at radius 3 is 2.17 bits per heavy atom. The molecule has 12 heavy (non-hydrogen) atoms. The average molecular weight is 173 g/mol. The first-order valence-corrected chi connectivity index (χ1v) is 4.50. The summed E-state index contributed by atoms with van der Waals surface area (Å²) in [4.78, 5) is 11.0. The summed E-state index contributed by atoms with van der Waals surface area (Å²) in [6.45, 7) is 5.64. The van der Waals surface area contributed by atoms with Gasteiger partial charge in [0.05, 0.1) is 5.41 Å². The minimum Gasteiger partial charge on any atom is -0.481 e.